The Morgan fingerprint density at radius 3 is 2.60 bits per heavy atom. The van der Waals surface area contributed by atoms with E-state index in [2.05, 4.69) is 4.90 Å². The predicted molar refractivity (Wildman–Crippen MR) is 43.3 cm³/mol. The highest BCUT2D eigenvalue weighted by atomic mass is 35.5. The van der Waals surface area contributed by atoms with Gasteiger partial charge in [0.25, 0.3) is 0 Å². The van der Waals surface area contributed by atoms with Crippen LogP contribution in [0.1, 0.15) is 6.42 Å². The number of likely N-dealkylation sites (N-methyl/N-ethyl adjacent to an activating group) is 1. The van der Waals surface area contributed by atoms with Gasteiger partial charge in [0.2, 0.25) is 0 Å². The van der Waals surface area contributed by atoms with Crippen LogP contribution in [0.2, 0.25) is 0 Å². The zero-order chi connectivity index (χ0) is 6.85. The molecule has 3 nitrogen and oxygen atoms in total. The lowest BCUT2D eigenvalue weighted by molar-refractivity contribution is 0.0734. The van der Waals surface area contributed by atoms with Crippen molar-refractivity contribution in [2.24, 2.45) is 5.73 Å². The molecule has 1 saturated heterocycles. The maximum atomic E-state index is 9.14. The molecule has 0 aromatic heterocycles. The summed E-state index contributed by atoms with van der Waals surface area (Å²) in [6, 6.07) is -0.0382. The number of hydrogen-bond donors (Lipinski definition) is 2. The molecule has 62 valence electrons. The number of piperidine rings is 1. The van der Waals surface area contributed by atoms with E-state index in [0.717, 1.165) is 19.5 Å². The van der Waals surface area contributed by atoms with Gasteiger partial charge in [-0.3, -0.25) is 0 Å². The van der Waals surface area contributed by atoms with Crippen LogP contribution < -0.4 is 5.73 Å². The molecule has 1 fully saturated rings. The Kier molecular flexibility index (Phi) is 4.20. The average molecular weight is 167 g/mol. The summed E-state index contributed by atoms with van der Waals surface area (Å²) in [6.07, 6.45) is 0.540. The van der Waals surface area contributed by atoms with Gasteiger partial charge in [-0.2, -0.15) is 0 Å². The van der Waals surface area contributed by atoms with Crippen LogP contribution in [0.5, 0.6) is 0 Å². The van der Waals surface area contributed by atoms with Crippen LogP contribution >= 0.6 is 12.4 Å². The molecule has 0 bridgehead atoms. The number of likely N-dealkylation sites (tertiary alicyclic amines) is 1. The summed E-state index contributed by atoms with van der Waals surface area (Å²) in [5.41, 5.74) is 5.58. The highest BCUT2D eigenvalue weighted by molar-refractivity contribution is 5.85. The van der Waals surface area contributed by atoms with Crippen molar-refractivity contribution >= 4 is 12.4 Å². The van der Waals surface area contributed by atoms with Gasteiger partial charge in [-0.05, 0) is 13.5 Å². The topological polar surface area (TPSA) is 49.5 Å². The third-order valence-corrected chi connectivity index (χ3v) is 1.82. The van der Waals surface area contributed by atoms with Crippen molar-refractivity contribution in [2.75, 3.05) is 20.1 Å². The van der Waals surface area contributed by atoms with E-state index in [4.69, 9.17) is 10.8 Å². The second-order valence-electron chi connectivity index (χ2n) is 2.78. The first-order valence-electron chi connectivity index (χ1n) is 3.32. The van der Waals surface area contributed by atoms with Gasteiger partial charge in [0.15, 0.2) is 0 Å². The van der Waals surface area contributed by atoms with E-state index >= 15 is 0 Å². The number of halogens is 1. The average Bonchev–Trinajstić information content (AvgIpc) is 1.80. The molecule has 10 heavy (non-hydrogen) atoms. The molecule has 1 heterocycles. The van der Waals surface area contributed by atoms with E-state index in [0.29, 0.717) is 0 Å². The number of nitrogens with zero attached hydrogens (tertiary/aromatic N) is 1. The summed E-state index contributed by atoms with van der Waals surface area (Å²) in [6.45, 7) is 1.79. The fourth-order valence-electron chi connectivity index (χ4n) is 1.14. The summed E-state index contributed by atoms with van der Waals surface area (Å²) >= 11 is 0. The lowest BCUT2D eigenvalue weighted by Crippen LogP contribution is -2.49. The molecule has 0 saturated carbocycles. The van der Waals surface area contributed by atoms with E-state index in [1.807, 2.05) is 7.05 Å². The van der Waals surface area contributed by atoms with Crippen molar-refractivity contribution in [3.63, 3.8) is 0 Å². The highest BCUT2D eigenvalue weighted by Crippen LogP contribution is 2.05. The van der Waals surface area contributed by atoms with Crippen LogP contribution in [0.25, 0.3) is 0 Å². The zero-order valence-corrected chi connectivity index (χ0v) is 6.97. The Bertz CT molecular complexity index is 102. The standard InChI is InChI=1S/C6H14N2O.ClH/c1-8-3-2-6(9)5(7)4-8;/h5-6,9H,2-4,7H2,1H3;1H/t5-,6-;/m1./s1. The monoisotopic (exact) mass is 166 g/mol. The molecule has 0 aromatic rings. The van der Waals surface area contributed by atoms with Crippen LogP contribution in [0, 0.1) is 0 Å². The van der Waals surface area contributed by atoms with Gasteiger partial charge in [-0.15, -0.1) is 12.4 Å². The third-order valence-electron chi connectivity index (χ3n) is 1.82. The Morgan fingerprint density at radius 2 is 2.20 bits per heavy atom. The van der Waals surface area contributed by atoms with Gasteiger partial charge in [0.1, 0.15) is 0 Å². The van der Waals surface area contributed by atoms with E-state index in [1.165, 1.54) is 0 Å². The van der Waals surface area contributed by atoms with Crippen LogP contribution in [0.3, 0.4) is 0 Å². The molecule has 3 N–H and O–H groups in total. The van der Waals surface area contributed by atoms with Gasteiger partial charge < -0.3 is 15.7 Å². The minimum atomic E-state index is -0.277. The summed E-state index contributed by atoms with van der Waals surface area (Å²) < 4.78 is 0. The number of rotatable bonds is 0. The fourth-order valence-corrected chi connectivity index (χ4v) is 1.14. The first-order chi connectivity index (χ1) is 4.20. The van der Waals surface area contributed by atoms with Crippen molar-refractivity contribution in [2.45, 2.75) is 18.6 Å². The molecule has 4 heteroatoms. The van der Waals surface area contributed by atoms with Gasteiger partial charge in [-0.1, -0.05) is 0 Å². The van der Waals surface area contributed by atoms with Crippen LogP contribution in [0.15, 0.2) is 0 Å². The van der Waals surface area contributed by atoms with E-state index < -0.39 is 0 Å². The Labute approximate surface area is 67.6 Å². The molecule has 2 atom stereocenters. The van der Waals surface area contributed by atoms with Crippen molar-refractivity contribution < 1.29 is 5.11 Å². The lowest BCUT2D eigenvalue weighted by atomic mass is 10.0. The second kappa shape index (κ2) is 4.13. The Morgan fingerprint density at radius 1 is 1.60 bits per heavy atom. The van der Waals surface area contributed by atoms with Crippen LogP contribution in [-0.2, 0) is 0 Å². The maximum Gasteiger partial charge on any atom is 0.0715 e. The molecular formula is C6H15ClN2O. The summed E-state index contributed by atoms with van der Waals surface area (Å²) in [5, 5.41) is 9.14. The van der Waals surface area contributed by atoms with Gasteiger partial charge >= 0.3 is 0 Å². The van der Waals surface area contributed by atoms with Crippen molar-refractivity contribution in [1.29, 1.82) is 0 Å². The molecule has 0 spiro atoms. The molecule has 0 radical (unpaired) electrons. The summed E-state index contributed by atoms with van der Waals surface area (Å²) in [4.78, 5) is 2.14. The minimum Gasteiger partial charge on any atom is -0.391 e. The van der Waals surface area contributed by atoms with E-state index in [9.17, 15) is 0 Å². The predicted octanol–water partition coefficient (Wildman–Crippen LogP) is -0.568. The van der Waals surface area contributed by atoms with E-state index in [-0.39, 0.29) is 24.6 Å². The molecule has 1 aliphatic rings. The lowest BCUT2D eigenvalue weighted by Gasteiger charge is -2.31. The Hall–Kier alpha value is 0.170. The zero-order valence-electron chi connectivity index (χ0n) is 6.16. The second-order valence-corrected chi connectivity index (χ2v) is 2.78. The number of aliphatic hydroxyl groups excluding tert-OH is 1. The molecule has 0 unspecified atom stereocenters. The number of hydrogen-bond acceptors (Lipinski definition) is 3. The summed E-state index contributed by atoms with van der Waals surface area (Å²) in [5.74, 6) is 0. The van der Waals surface area contributed by atoms with Crippen molar-refractivity contribution in [1.82, 2.24) is 4.90 Å². The van der Waals surface area contributed by atoms with Gasteiger partial charge in [0.05, 0.1) is 6.10 Å². The maximum absolute atomic E-state index is 9.14. The minimum absolute atomic E-state index is 0. The quantitative estimate of drug-likeness (QED) is 0.507. The highest BCUT2D eigenvalue weighted by Gasteiger charge is 2.21. The molecule has 1 rings (SSSR count). The Balaban J connectivity index is 0.000000810. The number of aliphatic hydroxyl groups is 1. The molecule has 0 aliphatic carbocycles. The molecule has 1 aliphatic heterocycles. The van der Waals surface area contributed by atoms with Crippen molar-refractivity contribution in [3.05, 3.63) is 0 Å². The molecule has 0 aromatic carbocycles. The van der Waals surface area contributed by atoms with Crippen LogP contribution in [-0.4, -0.2) is 42.3 Å². The number of nitrogens with two attached hydrogens (primary N) is 1. The largest absolute Gasteiger partial charge is 0.391 e. The van der Waals surface area contributed by atoms with Gasteiger partial charge in [0, 0.05) is 19.1 Å². The normalized spacial score (nSPS) is 35.1. The molecule has 0 amide bonds. The van der Waals surface area contributed by atoms with Gasteiger partial charge in [-0.25, -0.2) is 0 Å². The summed E-state index contributed by atoms with van der Waals surface area (Å²) in [7, 11) is 2.02. The smallest absolute Gasteiger partial charge is 0.0715 e. The third kappa shape index (κ3) is 2.42. The molecular weight excluding hydrogens is 152 g/mol. The van der Waals surface area contributed by atoms with Crippen molar-refractivity contribution in [3.8, 4) is 0 Å². The SMILES string of the molecule is CN1CC[C@@H](O)[C@H](N)C1.Cl. The van der Waals surface area contributed by atoms with E-state index in [1.54, 1.807) is 0 Å². The first-order valence-corrected chi connectivity index (χ1v) is 3.32. The first kappa shape index (κ1) is 10.2. The van der Waals surface area contributed by atoms with Crippen LogP contribution in [0.4, 0.5) is 0 Å². The fraction of sp³-hybridized carbons (Fsp3) is 1.00.